The van der Waals surface area contributed by atoms with E-state index in [0.29, 0.717) is 23.5 Å². The maximum Gasteiger partial charge on any atom is 0.336 e. The van der Waals surface area contributed by atoms with Crippen LogP contribution in [0.5, 0.6) is 0 Å². The fourth-order valence-electron chi connectivity index (χ4n) is 3.16. The van der Waals surface area contributed by atoms with E-state index in [1.165, 1.54) is 18.9 Å². The zero-order valence-electron chi connectivity index (χ0n) is 12.3. The van der Waals surface area contributed by atoms with Gasteiger partial charge in [0.2, 0.25) is 0 Å². The molecule has 1 aromatic heterocycles. The van der Waals surface area contributed by atoms with Gasteiger partial charge in [0.1, 0.15) is 5.58 Å². The molecule has 21 heavy (non-hydrogen) atoms. The van der Waals surface area contributed by atoms with Gasteiger partial charge in [-0.3, -0.25) is 0 Å². The molecule has 3 N–H and O–H groups in total. The third-order valence-electron chi connectivity index (χ3n) is 4.56. The lowest BCUT2D eigenvalue weighted by Crippen LogP contribution is -2.36. The number of anilines is 1. The van der Waals surface area contributed by atoms with E-state index in [9.17, 15) is 4.79 Å². The molecule has 4 nitrogen and oxygen atoms in total. The number of benzene rings is 1. The summed E-state index contributed by atoms with van der Waals surface area (Å²) in [6.45, 7) is 3.22. The zero-order valence-corrected chi connectivity index (χ0v) is 12.3. The van der Waals surface area contributed by atoms with E-state index in [4.69, 9.17) is 10.2 Å². The van der Waals surface area contributed by atoms with Crippen molar-refractivity contribution in [3.05, 3.63) is 40.8 Å². The van der Waals surface area contributed by atoms with Crippen molar-refractivity contribution in [2.45, 2.75) is 32.2 Å². The van der Waals surface area contributed by atoms with E-state index in [0.717, 1.165) is 24.0 Å². The number of nitrogens with one attached hydrogen (secondary N) is 1. The molecule has 1 heterocycles. The Balaban J connectivity index is 1.65. The molecule has 0 saturated heterocycles. The highest BCUT2D eigenvalue weighted by atomic mass is 16.4. The first-order chi connectivity index (χ1) is 10.1. The topological polar surface area (TPSA) is 68.3 Å². The minimum absolute atomic E-state index is 0.309. The van der Waals surface area contributed by atoms with E-state index < -0.39 is 0 Å². The van der Waals surface area contributed by atoms with Crippen molar-refractivity contribution in [3.8, 4) is 0 Å². The smallest absolute Gasteiger partial charge is 0.336 e. The molecule has 1 aliphatic carbocycles. The van der Waals surface area contributed by atoms with Gasteiger partial charge in [-0.25, -0.2) is 4.79 Å². The van der Waals surface area contributed by atoms with Crippen LogP contribution in [0.2, 0.25) is 0 Å². The number of hydrogen-bond donors (Lipinski definition) is 2. The van der Waals surface area contributed by atoms with Crippen LogP contribution < -0.4 is 16.7 Å². The lowest BCUT2D eigenvalue weighted by Gasteiger charge is -2.32. The molecule has 2 unspecified atom stereocenters. The van der Waals surface area contributed by atoms with Crippen LogP contribution in [0.4, 0.5) is 5.69 Å². The largest absolute Gasteiger partial charge is 0.423 e. The summed E-state index contributed by atoms with van der Waals surface area (Å²) in [5.74, 6) is 1.29. The van der Waals surface area contributed by atoms with Crippen molar-refractivity contribution >= 4 is 16.7 Å². The van der Waals surface area contributed by atoms with Crippen molar-refractivity contribution in [2.75, 3.05) is 11.9 Å². The second-order valence-electron chi connectivity index (χ2n) is 6.21. The van der Waals surface area contributed by atoms with Crippen LogP contribution in [-0.2, 0) is 0 Å². The first-order valence-corrected chi connectivity index (χ1v) is 7.65. The monoisotopic (exact) mass is 286 g/mol. The Kier molecular flexibility index (Phi) is 3.97. The lowest BCUT2D eigenvalue weighted by atomic mass is 9.79. The normalized spacial score (nSPS) is 25.9. The summed E-state index contributed by atoms with van der Waals surface area (Å²) in [6, 6.07) is 9.45. The molecule has 1 saturated carbocycles. The average molecular weight is 286 g/mol. The molecule has 0 radical (unpaired) electrons. The first kappa shape index (κ1) is 14.1. The molecule has 1 fully saturated rings. The Morgan fingerprint density at radius 1 is 1.29 bits per heavy atom. The second kappa shape index (κ2) is 5.90. The van der Waals surface area contributed by atoms with Gasteiger partial charge < -0.3 is 15.5 Å². The fourth-order valence-corrected chi connectivity index (χ4v) is 3.16. The Morgan fingerprint density at radius 2 is 2.14 bits per heavy atom. The van der Waals surface area contributed by atoms with E-state index in [2.05, 4.69) is 12.2 Å². The van der Waals surface area contributed by atoms with E-state index >= 15 is 0 Å². The molecule has 3 rings (SSSR count). The van der Waals surface area contributed by atoms with Crippen molar-refractivity contribution in [1.29, 1.82) is 0 Å². The van der Waals surface area contributed by atoms with E-state index in [1.807, 2.05) is 18.2 Å². The summed E-state index contributed by atoms with van der Waals surface area (Å²) >= 11 is 0. The summed E-state index contributed by atoms with van der Waals surface area (Å²) in [6.07, 6.45) is 3.51. The predicted molar refractivity (Wildman–Crippen MR) is 85.5 cm³/mol. The molecule has 112 valence electrons. The minimum Gasteiger partial charge on any atom is -0.423 e. The Labute approximate surface area is 124 Å². The fraction of sp³-hybridized carbons (Fsp3) is 0.471. The molecule has 1 aliphatic rings. The molecule has 4 heteroatoms. The van der Waals surface area contributed by atoms with Crippen LogP contribution >= 0.6 is 0 Å². The summed E-state index contributed by atoms with van der Waals surface area (Å²) in [7, 11) is 0. The highest BCUT2D eigenvalue weighted by Gasteiger charge is 2.24. The Bertz CT molecular complexity index is 680. The molecule has 0 bridgehead atoms. The number of fused-ring (bicyclic) bond motifs is 1. The third kappa shape index (κ3) is 3.27. The molecule has 1 aromatic carbocycles. The maximum absolute atomic E-state index is 11.2. The standard InChI is InChI=1S/C17H22N2O2/c1-11-8-12(2-5-15(11)18)10-19-14-4-6-16-13(9-14)3-7-17(20)21-16/h3-4,6-7,9,11-12,15,19H,2,5,8,10,18H2,1H3/t11?,12?,15-/m1/s1. The Hall–Kier alpha value is -1.81. The van der Waals surface area contributed by atoms with Gasteiger partial charge in [-0.1, -0.05) is 6.92 Å². The number of hydrogen-bond acceptors (Lipinski definition) is 4. The second-order valence-corrected chi connectivity index (χ2v) is 6.21. The van der Waals surface area contributed by atoms with Crippen molar-refractivity contribution in [1.82, 2.24) is 0 Å². The van der Waals surface area contributed by atoms with Crippen molar-refractivity contribution < 1.29 is 4.42 Å². The van der Waals surface area contributed by atoms with Gasteiger partial charge in [0, 0.05) is 29.7 Å². The van der Waals surface area contributed by atoms with Gasteiger partial charge in [0.15, 0.2) is 0 Å². The average Bonchev–Trinajstić information content (AvgIpc) is 2.48. The minimum atomic E-state index is -0.309. The molecule has 0 spiro atoms. The summed E-state index contributed by atoms with van der Waals surface area (Å²) in [5.41, 5.74) is 7.45. The van der Waals surface area contributed by atoms with Crippen LogP contribution in [0.3, 0.4) is 0 Å². The SMILES string of the molecule is CC1CC(CNc2ccc3oc(=O)ccc3c2)CC[C@H]1N. The van der Waals surface area contributed by atoms with Gasteiger partial charge in [0.05, 0.1) is 0 Å². The van der Waals surface area contributed by atoms with Crippen molar-refractivity contribution in [3.63, 3.8) is 0 Å². The van der Waals surface area contributed by atoms with Gasteiger partial charge in [-0.2, -0.15) is 0 Å². The van der Waals surface area contributed by atoms with Gasteiger partial charge in [-0.05, 0) is 55.4 Å². The van der Waals surface area contributed by atoms with Crippen LogP contribution in [-0.4, -0.2) is 12.6 Å². The van der Waals surface area contributed by atoms with Crippen LogP contribution in [0, 0.1) is 11.8 Å². The molecular weight excluding hydrogens is 264 g/mol. The van der Waals surface area contributed by atoms with Crippen LogP contribution in [0.15, 0.2) is 39.5 Å². The van der Waals surface area contributed by atoms with Gasteiger partial charge >= 0.3 is 5.63 Å². The van der Waals surface area contributed by atoms with Gasteiger partial charge in [0.25, 0.3) is 0 Å². The van der Waals surface area contributed by atoms with E-state index in [1.54, 1.807) is 6.07 Å². The number of nitrogens with two attached hydrogens (primary N) is 1. The molecule has 2 aromatic rings. The summed E-state index contributed by atoms with van der Waals surface area (Å²) in [4.78, 5) is 11.2. The van der Waals surface area contributed by atoms with E-state index in [-0.39, 0.29) is 5.63 Å². The Morgan fingerprint density at radius 3 is 2.95 bits per heavy atom. The van der Waals surface area contributed by atoms with Crippen LogP contribution in [0.1, 0.15) is 26.2 Å². The quantitative estimate of drug-likeness (QED) is 0.851. The molecule has 0 aliphatic heterocycles. The third-order valence-corrected chi connectivity index (χ3v) is 4.56. The molecule has 3 atom stereocenters. The predicted octanol–water partition coefficient (Wildman–Crippen LogP) is 2.97. The lowest BCUT2D eigenvalue weighted by molar-refractivity contribution is 0.257. The summed E-state index contributed by atoms with van der Waals surface area (Å²) in [5, 5.41) is 4.44. The first-order valence-electron chi connectivity index (χ1n) is 7.65. The highest BCUT2D eigenvalue weighted by Crippen LogP contribution is 2.28. The van der Waals surface area contributed by atoms with Crippen molar-refractivity contribution in [2.24, 2.45) is 17.6 Å². The van der Waals surface area contributed by atoms with Gasteiger partial charge in [-0.15, -0.1) is 0 Å². The number of rotatable bonds is 3. The molecule has 0 amide bonds. The molecular formula is C17H22N2O2. The highest BCUT2D eigenvalue weighted by molar-refractivity contribution is 5.80. The maximum atomic E-state index is 11.2. The van der Waals surface area contributed by atoms with Crippen LogP contribution in [0.25, 0.3) is 11.0 Å². The zero-order chi connectivity index (χ0) is 14.8. The summed E-state index contributed by atoms with van der Waals surface area (Å²) < 4.78 is 5.14.